The van der Waals surface area contributed by atoms with Crippen LogP contribution < -0.4 is 0 Å². The molecule has 2 atom stereocenters. The number of amides is 1. The second-order valence-electron chi connectivity index (χ2n) is 2.99. The Kier molecular flexibility index (Phi) is 2.03. The molecule has 0 aromatic carbocycles. The highest BCUT2D eigenvalue weighted by molar-refractivity contribution is 8.00. The summed E-state index contributed by atoms with van der Waals surface area (Å²) in [5.41, 5.74) is 0. The summed E-state index contributed by atoms with van der Waals surface area (Å²) in [6.45, 7) is 0.359. The van der Waals surface area contributed by atoms with Gasteiger partial charge in [-0.2, -0.15) is 0 Å². The topological polar surface area (TPSA) is 72.7 Å². The number of hydrogen-bond donors (Lipinski definition) is 0. The molecule has 0 N–H and O–H groups in total. The zero-order chi connectivity index (χ0) is 9.42. The Bertz CT molecular complexity index is 259. The fourth-order valence-corrected chi connectivity index (χ4v) is 2.72. The van der Waals surface area contributed by atoms with Crippen molar-refractivity contribution in [3.05, 3.63) is 10.1 Å². The zero-order valence-electron chi connectivity index (χ0n) is 6.71. The molecule has 0 aromatic heterocycles. The van der Waals surface area contributed by atoms with E-state index in [9.17, 15) is 14.9 Å². The van der Waals surface area contributed by atoms with E-state index in [0.717, 1.165) is 0 Å². The largest absolute Gasteiger partial charge is 0.328 e. The summed E-state index contributed by atoms with van der Waals surface area (Å²) in [7, 11) is 0. The number of rotatable bonds is 2. The lowest BCUT2D eigenvalue weighted by molar-refractivity contribution is -0.767. The predicted octanol–water partition coefficient (Wildman–Crippen LogP) is -0.131. The number of carbonyl (C=O) groups is 1. The molecule has 0 bridgehead atoms. The molecule has 0 saturated carbocycles. The maximum Gasteiger partial charge on any atom is 0.294 e. The maximum atomic E-state index is 11.0. The van der Waals surface area contributed by atoms with Crippen molar-refractivity contribution < 1.29 is 14.7 Å². The Morgan fingerprint density at radius 2 is 2.46 bits per heavy atom. The van der Waals surface area contributed by atoms with E-state index in [1.54, 1.807) is 16.7 Å². The number of carbonyl (C=O) groups excluding carboxylic acids is 1. The lowest BCUT2D eigenvalue weighted by atomic mass is 10.2. The third-order valence-electron chi connectivity index (χ3n) is 2.13. The lowest BCUT2D eigenvalue weighted by Gasteiger charge is -2.45. The van der Waals surface area contributed by atoms with Crippen LogP contribution in [0.4, 0.5) is 0 Å². The van der Waals surface area contributed by atoms with E-state index < -0.39 is 11.2 Å². The summed E-state index contributed by atoms with van der Waals surface area (Å²) in [5.74, 6) is 0.657. The molecule has 13 heavy (non-hydrogen) atoms. The number of nitrogens with zero attached hydrogens (tertiary/aromatic N) is 2. The van der Waals surface area contributed by atoms with Gasteiger partial charge < -0.3 is 9.74 Å². The lowest BCUT2D eigenvalue weighted by Crippen LogP contribution is -2.57. The molecule has 0 aromatic rings. The fraction of sp³-hybridized carbons (Fsp3) is 0.833. The Balaban J connectivity index is 1.89. The van der Waals surface area contributed by atoms with Crippen molar-refractivity contribution in [1.29, 1.82) is 0 Å². The maximum absolute atomic E-state index is 11.0. The predicted molar refractivity (Wildman–Crippen MR) is 44.4 cm³/mol. The third kappa shape index (κ3) is 1.55. The van der Waals surface area contributed by atoms with E-state index in [-0.39, 0.29) is 11.3 Å². The van der Waals surface area contributed by atoms with Gasteiger partial charge in [-0.25, -0.2) is 0 Å². The van der Waals surface area contributed by atoms with Crippen LogP contribution >= 0.6 is 11.8 Å². The van der Waals surface area contributed by atoms with Crippen molar-refractivity contribution in [2.45, 2.75) is 17.9 Å². The van der Waals surface area contributed by atoms with Gasteiger partial charge >= 0.3 is 0 Å². The minimum absolute atomic E-state index is 0.0640. The van der Waals surface area contributed by atoms with Crippen LogP contribution in [0.1, 0.15) is 6.42 Å². The van der Waals surface area contributed by atoms with E-state index in [0.29, 0.717) is 18.7 Å². The van der Waals surface area contributed by atoms with Crippen molar-refractivity contribution in [3.8, 4) is 0 Å². The van der Waals surface area contributed by atoms with Crippen LogP contribution in [0.2, 0.25) is 0 Å². The molecule has 2 rings (SSSR count). The summed E-state index contributed by atoms with van der Waals surface area (Å²) in [6, 6.07) is 0. The molecule has 0 radical (unpaired) electrons. The van der Waals surface area contributed by atoms with Gasteiger partial charge in [-0.05, 0) is 0 Å². The Labute approximate surface area is 78.3 Å². The molecule has 2 fully saturated rings. The smallest absolute Gasteiger partial charge is 0.294 e. The van der Waals surface area contributed by atoms with Crippen LogP contribution in [0.15, 0.2) is 0 Å². The summed E-state index contributed by atoms with van der Waals surface area (Å²) in [6.07, 6.45) is 0.107. The van der Waals surface area contributed by atoms with Crippen molar-refractivity contribution in [2.24, 2.45) is 0 Å². The summed E-state index contributed by atoms with van der Waals surface area (Å²) < 4.78 is 0. The fourth-order valence-electron chi connectivity index (χ4n) is 1.47. The van der Waals surface area contributed by atoms with E-state index in [2.05, 4.69) is 4.84 Å². The molecule has 2 heterocycles. The van der Waals surface area contributed by atoms with Crippen LogP contribution in [-0.4, -0.2) is 39.7 Å². The Morgan fingerprint density at radius 3 is 3.08 bits per heavy atom. The second-order valence-corrected chi connectivity index (χ2v) is 4.20. The highest BCUT2D eigenvalue weighted by atomic mass is 32.2. The molecule has 6 nitrogen and oxygen atoms in total. The normalized spacial score (nSPS) is 32.0. The van der Waals surface area contributed by atoms with Gasteiger partial charge in [-0.1, -0.05) is 0 Å². The summed E-state index contributed by atoms with van der Waals surface area (Å²) in [4.78, 5) is 27.0. The summed E-state index contributed by atoms with van der Waals surface area (Å²) in [5, 5.41) is 9.47. The van der Waals surface area contributed by atoms with Gasteiger partial charge in [-0.3, -0.25) is 4.79 Å². The Hall–Kier alpha value is -0.980. The van der Waals surface area contributed by atoms with Crippen molar-refractivity contribution in [1.82, 2.24) is 4.90 Å². The number of thioether (sulfide) groups is 1. The van der Waals surface area contributed by atoms with Crippen molar-refractivity contribution in [2.75, 3.05) is 12.3 Å². The molecule has 2 aliphatic heterocycles. The average Bonchev–Trinajstić information content (AvgIpc) is 2.05. The molecule has 1 amide bonds. The highest BCUT2D eigenvalue weighted by Gasteiger charge is 2.42. The van der Waals surface area contributed by atoms with E-state index in [4.69, 9.17) is 0 Å². The zero-order valence-corrected chi connectivity index (χ0v) is 7.53. The van der Waals surface area contributed by atoms with E-state index >= 15 is 0 Å². The quantitative estimate of drug-likeness (QED) is 0.356. The molecule has 7 heteroatoms. The van der Waals surface area contributed by atoms with Gasteiger partial charge in [0.1, 0.15) is 6.10 Å². The standard InChI is InChI=1S/C6H8N2O4S/c9-5-1-6-7(5)2-4(3-13-6)12-8(10)11/h4,6H,1-3H2/t4-,6+/m1/s1. The van der Waals surface area contributed by atoms with Crippen LogP contribution in [0.5, 0.6) is 0 Å². The first-order valence-corrected chi connectivity index (χ1v) is 4.94. The molecule has 72 valence electrons. The van der Waals surface area contributed by atoms with Crippen LogP contribution in [-0.2, 0) is 9.63 Å². The SMILES string of the molecule is O=C1C[C@@H]2SC[C@H](O[N+](=O)[O-])CN12. The summed E-state index contributed by atoms with van der Waals surface area (Å²) >= 11 is 1.54. The van der Waals surface area contributed by atoms with Gasteiger partial charge in [0, 0.05) is 12.3 Å². The molecule has 2 saturated heterocycles. The van der Waals surface area contributed by atoms with Gasteiger partial charge in [0.2, 0.25) is 5.91 Å². The molecular weight excluding hydrogens is 196 g/mol. The van der Waals surface area contributed by atoms with Gasteiger partial charge in [0.15, 0.2) is 0 Å². The third-order valence-corrected chi connectivity index (χ3v) is 3.50. The molecule has 2 aliphatic rings. The van der Waals surface area contributed by atoms with Crippen LogP contribution in [0, 0.1) is 10.1 Å². The minimum Gasteiger partial charge on any atom is -0.328 e. The molecule has 0 unspecified atom stereocenters. The van der Waals surface area contributed by atoms with Gasteiger partial charge in [0.25, 0.3) is 5.09 Å². The van der Waals surface area contributed by atoms with E-state index in [1.807, 2.05) is 0 Å². The van der Waals surface area contributed by atoms with Crippen LogP contribution in [0.3, 0.4) is 0 Å². The second kappa shape index (κ2) is 3.06. The monoisotopic (exact) mass is 204 g/mol. The highest BCUT2D eigenvalue weighted by Crippen LogP contribution is 2.34. The van der Waals surface area contributed by atoms with Gasteiger partial charge in [-0.15, -0.1) is 21.9 Å². The molecular formula is C6H8N2O4S. The molecule has 0 spiro atoms. The molecule has 0 aliphatic carbocycles. The minimum atomic E-state index is -0.796. The average molecular weight is 204 g/mol. The van der Waals surface area contributed by atoms with Gasteiger partial charge in [0.05, 0.1) is 11.8 Å². The Morgan fingerprint density at radius 1 is 1.69 bits per heavy atom. The van der Waals surface area contributed by atoms with E-state index in [1.165, 1.54) is 0 Å². The number of fused-ring (bicyclic) bond motifs is 1. The first-order chi connectivity index (χ1) is 6.16. The number of hydrogen-bond acceptors (Lipinski definition) is 5. The van der Waals surface area contributed by atoms with Crippen molar-refractivity contribution in [3.63, 3.8) is 0 Å². The number of β-lactam (4-membered cyclic amide) rings is 1. The first-order valence-electron chi connectivity index (χ1n) is 3.89. The van der Waals surface area contributed by atoms with Crippen LogP contribution in [0.25, 0.3) is 0 Å². The van der Waals surface area contributed by atoms with Crippen molar-refractivity contribution >= 4 is 17.7 Å². The first kappa shape index (κ1) is 8.61.